The molecule has 1 aliphatic heterocycles. The molecule has 1 amide bonds. The number of carbonyl (C=O) groups excluding carboxylic acids is 1. The zero-order valence-electron chi connectivity index (χ0n) is 16.6. The molecule has 2 unspecified atom stereocenters. The van der Waals surface area contributed by atoms with Crippen LogP contribution in [0, 0.1) is 5.21 Å². The van der Waals surface area contributed by atoms with Crippen molar-refractivity contribution in [1.82, 2.24) is 5.32 Å². The number of ether oxygens (including phenoxy) is 1. The van der Waals surface area contributed by atoms with Crippen LogP contribution in [0.5, 0.6) is 0 Å². The molecule has 2 N–H and O–H groups in total. The number of carbonyl (C=O) groups is 1. The third-order valence-electron chi connectivity index (χ3n) is 4.27. The fourth-order valence-corrected chi connectivity index (χ4v) is 3.73. The van der Waals surface area contributed by atoms with Crippen LogP contribution in [0.2, 0.25) is 0 Å². The number of hydrogen-bond donors (Lipinski definition) is 2. The van der Waals surface area contributed by atoms with Crippen molar-refractivity contribution in [2.75, 3.05) is 6.54 Å². The molecule has 1 aliphatic rings. The van der Waals surface area contributed by atoms with E-state index in [1.807, 2.05) is 69.3 Å². The van der Waals surface area contributed by atoms with E-state index in [4.69, 9.17) is 9.73 Å². The number of aliphatic imine (C=N–C) groups is 1. The Balaban J connectivity index is 1.89. The maximum absolute atomic E-state index is 12.6. The topological polar surface area (TPSA) is 78.2 Å². The molecule has 3 rings (SSSR count). The normalized spacial score (nSPS) is 17.3. The molecule has 2 atom stereocenters. The molecule has 2 aromatic carbocycles. The summed E-state index contributed by atoms with van der Waals surface area (Å²) in [5, 5.41) is 15.3. The van der Waals surface area contributed by atoms with Crippen molar-refractivity contribution in [2.24, 2.45) is 4.99 Å². The van der Waals surface area contributed by atoms with Gasteiger partial charge >= 0.3 is 6.09 Å². The van der Waals surface area contributed by atoms with E-state index in [0.29, 0.717) is 10.3 Å². The lowest BCUT2D eigenvalue weighted by Crippen LogP contribution is -2.98. The largest absolute Gasteiger partial charge is 0.623 e. The second kappa shape index (κ2) is 8.90. The van der Waals surface area contributed by atoms with Crippen LogP contribution in [-0.4, -0.2) is 30.5 Å². The van der Waals surface area contributed by atoms with Gasteiger partial charge in [-0.1, -0.05) is 42.5 Å². The Hall–Kier alpha value is -2.48. The maximum atomic E-state index is 12.6. The van der Waals surface area contributed by atoms with Gasteiger partial charge in [-0.15, -0.1) is 0 Å². The van der Waals surface area contributed by atoms with Gasteiger partial charge in [0.25, 0.3) is 0 Å². The Kier molecular flexibility index (Phi) is 6.52. The first-order chi connectivity index (χ1) is 13.8. The van der Waals surface area contributed by atoms with Gasteiger partial charge in [0.2, 0.25) is 0 Å². The van der Waals surface area contributed by atoms with E-state index in [2.05, 4.69) is 21.2 Å². The van der Waals surface area contributed by atoms with Crippen LogP contribution in [0.25, 0.3) is 5.57 Å². The Bertz CT molecular complexity index is 936. The molecule has 152 valence electrons. The molecule has 0 fully saturated rings. The Morgan fingerprint density at radius 2 is 1.86 bits per heavy atom. The predicted molar refractivity (Wildman–Crippen MR) is 118 cm³/mol. The summed E-state index contributed by atoms with van der Waals surface area (Å²) >= 11 is 3.45. The number of benzene rings is 2. The third-order valence-corrected chi connectivity index (χ3v) is 5.06. The van der Waals surface area contributed by atoms with Gasteiger partial charge in [0.15, 0.2) is 4.61 Å². The number of alkyl carbamates (subject to hydrolysis) is 1. The van der Waals surface area contributed by atoms with Gasteiger partial charge in [-0.25, -0.2) is 4.79 Å². The second-order valence-electron chi connectivity index (χ2n) is 7.69. The molecule has 2 aromatic rings. The van der Waals surface area contributed by atoms with Crippen LogP contribution in [0.15, 0.2) is 64.2 Å². The zero-order chi connectivity index (χ0) is 21.0. The summed E-state index contributed by atoms with van der Waals surface area (Å²) in [7, 11) is 0. The lowest BCUT2D eigenvalue weighted by Gasteiger charge is -2.21. The number of amides is 1. The van der Waals surface area contributed by atoms with Gasteiger partial charge in [0.05, 0.1) is 11.6 Å². The summed E-state index contributed by atoms with van der Waals surface area (Å²) in [5.41, 5.74) is 2.55. The first kappa shape index (κ1) is 21.2. The summed E-state index contributed by atoms with van der Waals surface area (Å²) in [4.78, 5) is 16.9. The Morgan fingerprint density at radius 1 is 1.21 bits per heavy atom. The molecule has 29 heavy (non-hydrogen) atoms. The average molecular weight is 458 g/mol. The van der Waals surface area contributed by atoms with Gasteiger partial charge < -0.3 is 20.3 Å². The molecular weight excluding hydrogens is 434 g/mol. The number of nitrogens with one attached hydrogen (secondary N) is 2. The highest BCUT2D eigenvalue weighted by Gasteiger charge is 2.33. The third kappa shape index (κ3) is 5.32. The van der Waals surface area contributed by atoms with Gasteiger partial charge in [-0.05, 0) is 32.4 Å². The molecule has 0 radical (unpaired) electrons. The minimum absolute atomic E-state index is 0.0761. The predicted octanol–water partition coefficient (Wildman–Crippen LogP) is 3.79. The number of rotatable bonds is 5. The van der Waals surface area contributed by atoms with Gasteiger partial charge in [-0.2, -0.15) is 0 Å². The first-order valence-corrected chi connectivity index (χ1v) is 10.1. The Labute approximate surface area is 179 Å². The van der Waals surface area contributed by atoms with E-state index in [9.17, 15) is 10.0 Å². The molecular formula is C22H24BrN3O3. The Morgan fingerprint density at radius 3 is 2.55 bits per heavy atom. The molecule has 6 nitrogen and oxygen atoms in total. The fourth-order valence-electron chi connectivity index (χ4n) is 3.04. The maximum Gasteiger partial charge on any atom is 0.407 e. The standard InChI is InChI=1S/C22H24BrN3O3/c1-22(2,3)29-21(27)25-14-17(24-13-15-9-5-4-6-10-15)19-16-11-7-8-12-18(16)26(28)20(19)23/h4-13,17,26H,14H2,1-3H3,(H,25,27). The van der Waals surface area contributed by atoms with E-state index in [-0.39, 0.29) is 11.6 Å². The van der Waals surface area contributed by atoms with E-state index in [1.165, 1.54) is 0 Å². The summed E-state index contributed by atoms with van der Waals surface area (Å²) in [6, 6.07) is 16.6. The molecule has 0 saturated heterocycles. The number of quaternary nitrogens is 1. The van der Waals surface area contributed by atoms with E-state index < -0.39 is 17.7 Å². The molecule has 0 saturated carbocycles. The molecule has 0 spiro atoms. The van der Waals surface area contributed by atoms with Crippen LogP contribution >= 0.6 is 15.9 Å². The SMILES string of the molecule is CC(C)(C)OC(=O)NCC(N=Cc1ccccc1)C1=C(Br)[NH+]([O-])c2ccccc21. The van der Waals surface area contributed by atoms with Crippen molar-refractivity contribution < 1.29 is 14.6 Å². The number of halogens is 1. The summed E-state index contributed by atoms with van der Waals surface area (Å²) in [5.74, 6) is 0. The first-order valence-electron chi connectivity index (χ1n) is 9.35. The van der Waals surface area contributed by atoms with Crippen molar-refractivity contribution in [3.8, 4) is 0 Å². The van der Waals surface area contributed by atoms with Crippen molar-refractivity contribution in [2.45, 2.75) is 32.4 Å². The smallest absolute Gasteiger partial charge is 0.407 e. The molecule has 7 heteroatoms. The highest BCUT2D eigenvalue weighted by Crippen LogP contribution is 2.34. The van der Waals surface area contributed by atoms with Crippen LogP contribution < -0.4 is 10.4 Å². The quantitative estimate of drug-likeness (QED) is 0.407. The van der Waals surface area contributed by atoms with Gasteiger partial charge in [0, 0.05) is 40.3 Å². The highest BCUT2D eigenvalue weighted by molar-refractivity contribution is 9.11. The van der Waals surface area contributed by atoms with E-state index >= 15 is 0 Å². The number of nitrogens with zero attached hydrogens (tertiary/aromatic N) is 1. The van der Waals surface area contributed by atoms with E-state index in [1.54, 1.807) is 12.3 Å². The van der Waals surface area contributed by atoms with Crippen molar-refractivity contribution in [3.05, 3.63) is 75.5 Å². The summed E-state index contributed by atoms with van der Waals surface area (Å²) in [6.07, 6.45) is 1.23. The van der Waals surface area contributed by atoms with Gasteiger partial charge in [-0.3, -0.25) is 4.99 Å². The molecule has 0 aromatic heterocycles. The number of fused-ring (bicyclic) bond motifs is 1. The fraction of sp³-hybridized carbons (Fsp3) is 0.273. The van der Waals surface area contributed by atoms with Crippen molar-refractivity contribution in [3.63, 3.8) is 0 Å². The highest BCUT2D eigenvalue weighted by atomic mass is 79.9. The monoisotopic (exact) mass is 457 g/mol. The minimum atomic E-state index is -0.595. The lowest BCUT2D eigenvalue weighted by atomic mass is 10.0. The van der Waals surface area contributed by atoms with Crippen molar-refractivity contribution >= 4 is 39.5 Å². The van der Waals surface area contributed by atoms with E-state index in [0.717, 1.165) is 16.7 Å². The van der Waals surface area contributed by atoms with Gasteiger partial charge in [0.1, 0.15) is 11.3 Å². The number of para-hydroxylation sites is 1. The lowest BCUT2D eigenvalue weighted by molar-refractivity contribution is -0.716. The average Bonchev–Trinajstić information content (AvgIpc) is 2.93. The molecule has 1 heterocycles. The second-order valence-corrected chi connectivity index (χ2v) is 8.48. The minimum Gasteiger partial charge on any atom is -0.623 e. The van der Waals surface area contributed by atoms with Crippen LogP contribution in [0.4, 0.5) is 10.5 Å². The summed E-state index contributed by atoms with van der Waals surface area (Å²) in [6.45, 7) is 5.62. The summed E-state index contributed by atoms with van der Waals surface area (Å²) < 4.78 is 5.81. The number of hydroxylamine groups is 1. The number of hydrogen-bond acceptors (Lipinski definition) is 4. The zero-order valence-corrected chi connectivity index (χ0v) is 18.2. The van der Waals surface area contributed by atoms with Crippen molar-refractivity contribution in [1.29, 1.82) is 0 Å². The van der Waals surface area contributed by atoms with Crippen LogP contribution in [0.1, 0.15) is 31.9 Å². The molecule has 0 bridgehead atoms. The molecule has 0 aliphatic carbocycles. The van der Waals surface area contributed by atoms with Crippen LogP contribution in [-0.2, 0) is 4.74 Å². The van der Waals surface area contributed by atoms with Crippen LogP contribution in [0.3, 0.4) is 0 Å².